The van der Waals surface area contributed by atoms with E-state index in [1.165, 1.54) is 17.3 Å². The van der Waals surface area contributed by atoms with Crippen molar-refractivity contribution in [3.05, 3.63) is 96.2 Å². The quantitative estimate of drug-likeness (QED) is 0.272. The molecule has 0 fully saturated rings. The summed E-state index contributed by atoms with van der Waals surface area (Å²) in [4.78, 5) is 26.4. The van der Waals surface area contributed by atoms with E-state index in [4.69, 9.17) is 4.74 Å². The van der Waals surface area contributed by atoms with Crippen LogP contribution in [0.1, 0.15) is 36.7 Å². The third-order valence-electron chi connectivity index (χ3n) is 6.43. The first-order chi connectivity index (χ1) is 19.1. The molecule has 0 aliphatic heterocycles. The van der Waals surface area contributed by atoms with Gasteiger partial charge in [-0.25, -0.2) is 17.9 Å². The van der Waals surface area contributed by atoms with Crippen LogP contribution in [-0.4, -0.2) is 53.6 Å². The molecular formula is C30H32N4O5S. The Morgan fingerprint density at radius 2 is 1.60 bits per heavy atom. The Labute approximate surface area is 234 Å². The summed E-state index contributed by atoms with van der Waals surface area (Å²) >= 11 is 0. The summed E-state index contributed by atoms with van der Waals surface area (Å²) in [5, 5.41) is 7.29. The van der Waals surface area contributed by atoms with Crippen LogP contribution in [0.25, 0.3) is 16.9 Å². The summed E-state index contributed by atoms with van der Waals surface area (Å²) < 4.78 is 34.6. The molecule has 1 amide bonds. The number of hydrogen-bond acceptors (Lipinski definition) is 6. The molecule has 208 valence electrons. The number of nitrogens with one attached hydrogen (secondary N) is 1. The lowest BCUT2D eigenvalue weighted by Crippen LogP contribution is -2.32. The van der Waals surface area contributed by atoms with E-state index in [0.717, 1.165) is 11.3 Å². The molecule has 0 bridgehead atoms. The fourth-order valence-electron chi connectivity index (χ4n) is 4.23. The second-order valence-corrected chi connectivity index (χ2v) is 11.1. The van der Waals surface area contributed by atoms with Crippen LogP contribution in [0.15, 0.2) is 90.0 Å². The SMILES string of the molecule is CCN(CC)S(=O)(=O)c1cc(NC(=O)C(C)OC(=O)c2cn(-c3ccccc3)nc2-c2ccccc2)ccc1C. The normalized spacial score (nSPS) is 12.2. The molecule has 1 N–H and O–H groups in total. The van der Waals surface area contributed by atoms with Crippen molar-refractivity contribution in [3.8, 4) is 16.9 Å². The largest absolute Gasteiger partial charge is 0.449 e. The van der Waals surface area contributed by atoms with E-state index >= 15 is 0 Å². The lowest BCUT2D eigenvalue weighted by molar-refractivity contribution is -0.123. The molecule has 0 saturated carbocycles. The van der Waals surface area contributed by atoms with Crippen LogP contribution < -0.4 is 5.32 Å². The van der Waals surface area contributed by atoms with Gasteiger partial charge in [-0.1, -0.05) is 68.4 Å². The second kappa shape index (κ2) is 12.3. The first-order valence-electron chi connectivity index (χ1n) is 13.0. The van der Waals surface area contributed by atoms with Gasteiger partial charge in [-0.15, -0.1) is 0 Å². The summed E-state index contributed by atoms with van der Waals surface area (Å²) in [5.74, 6) is -1.31. The van der Waals surface area contributed by atoms with Gasteiger partial charge in [0, 0.05) is 30.5 Å². The molecule has 40 heavy (non-hydrogen) atoms. The number of aryl methyl sites for hydroxylation is 1. The monoisotopic (exact) mass is 560 g/mol. The van der Waals surface area contributed by atoms with Gasteiger partial charge in [0.1, 0.15) is 11.3 Å². The maximum Gasteiger partial charge on any atom is 0.342 e. The third kappa shape index (κ3) is 6.13. The first-order valence-corrected chi connectivity index (χ1v) is 14.4. The summed E-state index contributed by atoms with van der Waals surface area (Å²) in [6, 6.07) is 23.3. The van der Waals surface area contributed by atoms with E-state index in [-0.39, 0.29) is 16.1 Å². The van der Waals surface area contributed by atoms with Gasteiger partial charge in [0.2, 0.25) is 10.0 Å². The lowest BCUT2D eigenvalue weighted by Gasteiger charge is -2.20. The van der Waals surface area contributed by atoms with Crippen molar-refractivity contribution in [2.45, 2.75) is 38.7 Å². The Balaban J connectivity index is 1.55. The predicted octanol–water partition coefficient (Wildman–Crippen LogP) is 5.06. The predicted molar refractivity (Wildman–Crippen MR) is 154 cm³/mol. The van der Waals surface area contributed by atoms with Crippen LogP contribution in [0, 0.1) is 6.92 Å². The van der Waals surface area contributed by atoms with Crippen molar-refractivity contribution in [3.63, 3.8) is 0 Å². The van der Waals surface area contributed by atoms with Gasteiger partial charge in [-0.3, -0.25) is 4.79 Å². The van der Waals surface area contributed by atoms with Gasteiger partial charge in [-0.2, -0.15) is 9.40 Å². The molecule has 1 unspecified atom stereocenters. The maximum absolute atomic E-state index is 13.3. The van der Waals surface area contributed by atoms with E-state index in [0.29, 0.717) is 24.3 Å². The molecule has 1 aromatic heterocycles. The first kappa shape index (κ1) is 28.7. The average molecular weight is 561 g/mol. The number of para-hydroxylation sites is 1. The molecule has 1 heterocycles. The second-order valence-electron chi connectivity index (χ2n) is 9.14. The highest BCUT2D eigenvalue weighted by molar-refractivity contribution is 7.89. The fraction of sp³-hybridized carbons (Fsp3) is 0.233. The molecule has 4 rings (SSSR count). The van der Waals surface area contributed by atoms with Gasteiger partial charge in [0.25, 0.3) is 5.91 Å². The van der Waals surface area contributed by atoms with Gasteiger partial charge in [0.05, 0.1) is 10.6 Å². The Hall–Kier alpha value is -4.28. The zero-order valence-corrected chi connectivity index (χ0v) is 23.7. The molecule has 9 nitrogen and oxygen atoms in total. The lowest BCUT2D eigenvalue weighted by atomic mass is 10.1. The van der Waals surface area contributed by atoms with E-state index in [1.807, 2.05) is 60.7 Å². The molecule has 0 radical (unpaired) electrons. The van der Waals surface area contributed by atoms with Crippen LogP contribution in [0.2, 0.25) is 0 Å². The van der Waals surface area contributed by atoms with Crippen LogP contribution >= 0.6 is 0 Å². The number of carbonyl (C=O) groups is 2. The highest BCUT2D eigenvalue weighted by atomic mass is 32.2. The van der Waals surface area contributed by atoms with Gasteiger partial charge in [-0.05, 0) is 43.7 Å². The van der Waals surface area contributed by atoms with E-state index in [2.05, 4.69) is 10.4 Å². The molecule has 0 spiro atoms. The van der Waals surface area contributed by atoms with Crippen LogP contribution in [0.5, 0.6) is 0 Å². The smallest absolute Gasteiger partial charge is 0.342 e. The Bertz CT molecular complexity index is 1600. The van der Waals surface area contributed by atoms with E-state index in [1.54, 1.807) is 43.8 Å². The third-order valence-corrected chi connectivity index (χ3v) is 8.63. The number of nitrogens with zero attached hydrogens (tertiary/aromatic N) is 3. The Kier molecular flexibility index (Phi) is 8.81. The molecular weight excluding hydrogens is 528 g/mol. The van der Waals surface area contributed by atoms with E-state index < -0.39 is 28.0 Å². The van der Waals surface area contributed by atoms with Crippen LogP contribution in [0.4, 0.5) is 5.69 Å². The minimum Gasteiger partial charge on any atom is -0.449 e. The number of anilines is 1. The molecule has 0 aliphatic carbocycles. The number of benzene rings is 3. The summed E-state index contributed by atoms with van der Waals surface area (Å²) in [6.07, 6.45) is 0.412. The minimum absolute atomic E-state index is 0.111. The molecule has 0 saturated heterocycles. The number of esters is 1. The van der Waals surface area contributed by atoms with Crippen LogP contribution in [-0.2, 0) is 19.6 Å². The molecule has 10 heteroatoms. The average Bonchev–Trinajstić information content (AvgIpc) is 3.41. The summed E-state index contributed by atoms with van der Waals surface area (Å²) in [5.41, 5.74) is 2.96. The summed E-state index contributed by atoms with van der Waals surface area (Å²) in [6.45, 7) is 7.35. The fourth-order valence-corrected chi connectivity index (χ4v) is 5.93. The zero-order chi connectivity index (χ0) is 28.9. The number of rotatable bonds is 10. The van der Waals surface area contributed by atoms with Crippen molar-refractivity contribution in [1.29, 1.82) is 0 Å². The Morgan fingerprint density at radius 1 is 0.975 bits per heavy atom. The standard InChI is InChI=1S/C30H32N4O5S/c1-5-33(6-2)40(37,38)27-19-24(18-17-21(27)3)31-29(35)22(4)39-30(36)26-20-34(25-15-11-8-12-16-25)32-28(26)23-13-9-7-10-14-23/h7-20,22H,5-6H2,1-4H3,(H,31,35). The van der Waals surface area contributed by atoms with Crippen molar-refractivity contribution < 1.29 is 22.7 Å². The molecule has 3 aromatic carbocycles. The number of carbonyl (C=O) groups excluding carboxylic acids is 2. The molecule has 0 aliphatic rings. The minimum atomic E-state index is -3.73. The highest BCUT2D eigenvalue weighted by Crippen LogP contribution is 2.26. The van der Waals surface area contributed by atoms with Crippen molar-refractivity contribution in [1.82, 2.24) is 14.1 Å². The van der Waals surface area contributed by atoms with Crippen LogP contribution in [0.3, 0.4) is 0 Å². The number of sulfonamides is 1. The van der Waals surface area contributed by atoms with Gasteiger partial charge < -0.3 is 10.1 Å². The highest BCUT2D eigenvalue weighted by Gasteiger charge is 2.26. The zero-order valence-electron chi connectivity index (χ0n) is 22.9. The van der Waals surface area contributed by atoms with Crippen molar-refractivity contribution in [2.24, 2.45) is 0 Å². The van der Waals surface area contributed by atoms with Gasteiger partial charge in [0.15, 0.2) is 6.10 Å². The van der Waals surface area contributed by atoms with Crippen molar-refractivity contribution in [2.75, 3.05) is 18.4 Å². The Morgan fingerprint density at radius 3 is 2.23 bits per heavy atom. The van der Waals surface area contributed by atoms with Crippen molar-refractivity contribution >= 4 is 27.6 Å². The topological polar surface area (TPSA) is 111 Å². The number of amides is 1. The molecule has 1 atom stereocenters. The number of ether oxygens (including phenoxy) is 1. The van der Waals surface area contributed by atoms with E-state index in [9.17, 15) is 18.0 Å². The number of hydrogen-bond donors (Lipinski definition) is 1. The number of aromatic nitrogens is 2. The van der Waals surface area contributed by atoms with Gasteiger partial charge >= 0.3 is 5.97 Å². The molecule has 4 aromatic rings. The maximum atomic E-state index is 13.3. The summed E-state index contributed by atoms with van der Waals surface area (Å²) in [7, 11) is -3.73.